The van der Waals surface area contributed by atoms with Crippen LogP contribution in [-0.2, 0) is 17.8 Å². The Labute approximate surface area is 111 Å². The highest BCUT2D eigenvalue weighted by Crippen LogP contribution is 2.13. The third-order valence-electron chi connectivity index (χ3n) is 3.29. The summed E-state index contributed by atoms with van der Waals surface area (Å²) in [5.41, 5.74) is 3.78. The average molecular weight is 253 g/mol. The normalized spacial score (nSPS) is 11.1. The molecule has 18 heavy (non-hydrogen) atoms. The predicted molar refractivity (Wildman–Crippen MR) is 74.8 cm³/mol. The van der Waals surface area contributed by atoms with Gasteiger partial charge in [-0.05, 0) is 20.3 Å². The van der Waals surface area contributed by atoms with E-state index in [1.54, 1.807) is 7.11 Å². The van der Waals surface area contributed by atoms with Crippen molar-refractivity contribution in [3.63, 3.8) is 0 Å². The van der Waals surface area contributed by atoms with E-state index < -0.39 is 0 Å². The van der Waals surface area contributed by atoms with Crippen molar-refractivity contribution in [1.29, 1.82) is 0 Å². The minimum absolute atomic E-state index is 0.753. The van der Waals surface area contributed by atoms with Gasteiger partial charge in [0.1, 0.15) is 0 Å². The first-order valence-electron chi connectivity index (χ1n) is 6.93. The summed E-state index contributed by atoms with van der Waals surface area (Å²) in [7, 11) is 1.73. The van der Waals surface area contributed by atoms with Crippen LogP contribution in [0.2, 0.25) is 0 Å². The molecule has 0 bridgehead atoms. The van der Waals surface area contributed by atoms with Gasteiger partial charge in [-0.15, -0.1) is 0 Å². The summed E-state index contributed by atoms with van der Waals surface area (Å²) in [5.74, 6) is 0. The van der Waals surface area contributed by atoms with E-state index >= 15 is 0 Å². The minimum Gasteiger partial charge on any atom is -0.383 e. The van der Waals surface area contributed by atoms with Gasteiger partial charge in [0.2, 0.25) is 0 Å². The molecule has 0 fully saturated rings. The summed E-state index contributed by atoms with van der Waals surface area (Å²) >= 11 is 0. The highest BCUT2D eigenvalue weighted by atomic mass is 16.5. The van der Waals surface area contributed by atoms with Crippen molar-refractivity contribution in [2.45, 2.75) is 53.1 Å². The minimum atomic E-state index is 0.753. The first-order valence-corrected chi connectivity index (χ1v) is 6.93. The van der Waals surface area contributed by atoms with E-state index in [0.29, 0.717) is 0 Å². The van der Waals surface area contributed by atoms with Crippen molar-refractivity contribution >= 4 is 0 Å². The summed E-state index contributed by atoms with van der Waals surface area (Å²) in [4.78, 5) is 0. The molecule has 0 radical (unpaired) electrons. The standard InChI is InChI=1S/C14H27N3O/c1-5-6-7-9-17-13(3)14(12(2)16-17)11-15-8-10-18-4/h15H,5-11H2,1-4H3. The van der Waals surface area contributed by atoms with Crippen LogP contribution < -0.4 is 5.32 Å². The Morgan fingerprint density at radius 2 is 2.06 bits per heavy atom. The van der Waals surface area contributed by atoms with E-state index in [4.69, 9.17) is 4.74 Å². The molecule has 1 heterocycles. The van der Waals surface area contributed by atoms with E-state index in [1.165, 1.54) is 30.5 Å². The van der Waals surface area contributed by atoms with Crippen LogP contribution in [0.5, 0.6) is 0 Å². The van der Waals surface area contributed by atoms with E-state index in [2.05, 4.69) is 35.9 Å². The third-order valence-corrected chi connectivity index (χ3v) is 3.29. The Hall–Kier alpha value is -0.870. The molecule has 0 aliphatic heterocycles. The second-order valence-electron chi connectivity index (χ2n) is 4.75. The van der Waals surface area contributed by atoms with Gasteiger partial charge in [-0.1, -0.05) is 19.8 Å². The summed E-state index contributed by atoms with van der Waals surface area (Å²) in [5, 5.41) is 8.01. The molecule has 4 heteroatoms. The van der Waals surface area contributed by atoms with E-state index in [1.807, 2.05) is 0 Å². The molecule has 0 spiro atoms. The number of methoxy groups -OCH3 is 1. The van der Waals surface area contributed by atoms with Gasteiger partial charge in [-0.3, -0.25) is 4.68 Å². The van der Waals surface area contributed by atoms with Crippen molar-refractivity contribution in [2.24, 2.45) is 0 Å². The Balaban J connectivity index is 2.51. The smallest absolute Gasteiger partial charge is 0.0641 e. The number of unbranched alkanes of at least 4 members (excludes halogenated alkanes) is 2. The summed E-state index contributed by atoms with van der Waals surface area (Å²) in [6.07, 6.45) is 3.75. The first-order chi connectivity index (χ1) is 8.70. The number of nitrogens with zero attached hydrogens (tertiary/aromatic N) is 2. The monoisotopic (exact) mass is 253 g/mol. The molecule has 0 saturated carbocycles. The van der Waals surface area contributed by atoms with Crippen LogP contribution in [0, 0.1) is 13.8 Å². The molecule has 1 aromatic rings. The summed E-state index contributed by atoms with van der Waals surface area (Å²) in [6, 6.07) is 0. The van der Waals surface area contributed by atoms with Crippen molar-refractivity contribution in [3.8, 4) is 0 Å². The van der Waals surface area contributed by atoms with Gasteiger partial charge in [0.15, 0.2) is 0 Å². The Morgan fingerprint density at radius 3 is 2.72 bits per heavy atom. The maximum absolute atomic E-state index is 5.03. The fraction of sp³-hybridized carbons (Fsp3) is 0.786. The maximum atomic E-state index is 5.03. The Morgan fingerprint density at radius 1 is 1.28 bits per heavy atom. The topological polar surface area (TPSA) is 39.1 Å². The quantitative estimate of drug-likeness (QED) is 0.687. The van der Waals surface area contributed by atoms with Gasteiger partial charge < -0.3 is 10.1 Å². The van der Waals surface area contributed by atoms with Crippen LogP contribution in [0.4, 0.5) is 0 Å². The largest absolute Gasteiger partial charge is 0.383 e. The lowest BCUT2D eigenvalue weighted by atomic mass is 10.2. The molecule has 0 aliphatic rings. The molecule has 0 unspecified atom stereocenters. The fourth-order valence-corrected chi connectivity index (χ4v) is 2.11. The summed E-state index contributed by atoms with van der Waals surface area (Å²) in [6.45, 7) is 10.1. The lowest BCUT2D eigenvalue weighted by molar-refractivity contribution is 0.199. The zero-order valence-electron chi connectivity index (χ0n) is 12.3. The molecule has 104 valence electrons. The van der Waals surface area contributed by atoms with Gasteiger partial charge >= 0.3 is 0 Å². The van der Waals surface area contributed by atoms with Crippen LogP contribution in [0.15, 0.2) is 0 Å². The molecule has 0 amide bonds. The number of ether oxygens (including phenoxy) is 1. The van der Waals surface area contributed by atoms with E-state index in [9.17, 15) is 0 Å². The van der Waals surface area contributed by atoms with Crippen molar-refractivity contribution in [2.75, 3.05) is 20.3 Å². The molecule has 0 saturated heterocycles. The van der Waals surface area contributed by atoms with Crippen LogP contribution >= 0.6 is 0 Å². The Bertz CT molecular complexity index is 347. The molecular formula is C14H27N3O. The van der Waals surface area contributed by atoms with E-state index in [0.717, 1.165) is 31.9 Å². The number of rotatable bonds is 9. The van der Waals surface area contributed by atoms with Crippen molar-refractivity contribution in [3.05, 3.63) is 17.0 Å². The molecular weight excluding hydrogens is 226 g/mol. The van der Waals surface area contributed by atoms with Gasteiger partial charge in [0, 0.05) is 38.0 Å². The molecule has 0 atom stereocenters. The van der Waals surface area contributed by atoms with Crippen molar-refractivity contribution in [1.82, 2.24) is 15.1 Å². The van der Waals surface area contributed by atoms with Crippen molar-refractivity contribution < 1.29 is 4.74 Å². The van der Waals surface area contributed by atoms with Crippen LogP contribution in [0.1, 0.15) is 43.1 Å². The molecule has 1 aromatic heterocycles. The SMILES string of the molecule is CCCCCn1nc(C)c(CNCCOC)c1C. The first kappa shape index (κ1) is 15.2. The average Bonchev–Trinajstić information content (AvgIpc) is 2.62. The third kappa shape index (κ3) is 4.42. The maximum Gasteiger partial charge on any atom is 0.0641 e. The van der Waals surface area contributed by atoms with E-state index in [-0.39, 0.29) is 0 Å². The Kier molecular flexibility index (Phi) is 6.98. The number of nitrogens with one attached hydrogen (secondary N) is 1. The number of hydrogen-bond donors (Lipinski definition) is 1. The highest BCUT2D eigenvalue weighted by molar-refractivity contribution is 5.24. The van der Waals surface area contributed by atoms with Crippen LogP contribution in [-0.4, -0.2) is 30.0 Å². The fourth-order valence-electron chi connectivity index (χ4n) is 2.11. The predicted octanol–water partition coefficient (Wildman–Crippen LogP) is 2.43. The number of aromatic nitrogens is 2. The van der Waals surface area contributed by atoms with Gasteiger partial charge in [0.05, 0.1) is 12.3 Å². The second kappa shape index (κ2) is 8.27. The van der Waals surface area contributed by atoms with Gasteiger partial charge in [-0.25, -0.2) is 0 Å². The molecule has 4 nitrogen and oxygen atoms in total. The molecule has 0 aromatic carbocycles. The number of hydrogen-bond acceptors (Lipinski definition) is 3. The van der Waals surface area contributed by atoms with Gasteiger partial charge in [-0.2, -0.15) is 5.10 Å². The lowest BCUT2D eigenvalue weighted by Gasteiger charge is -2.06. The van der Waals surface area contributed by atoms with Gasteiger partial charge in [0.25, 0.3) is 0 Å². The van der Waals surface area contributed by atoms with Crippen LogP contribution in [0.3, 0.4) is 0 Å². The molecule has 1 N–H and O–H groups in total. The zero-order chi connectivity index (χ0) is 13.4. The zero-order valence-corrected chi connectivity index (χ0v) is 12.3. The summed E-state index contributed by atoms with van der Waals surface area (Å²) < 4.78 is 7.18. The number of aryl methyl sites for hydroxylation is 2. The lowest BCUT2D eigenvalue weighted by Crippen LogP contribution is -2.19. The van der Waals surface area contributed by atoms with Crippen LogP contribution in [0.25, 0.3) is 0 Å². The molecule has 0 aliphatic carbocycles. The molecule has 1 rings (SSSR count). The highest BCUT2D eigenvalue weighted by Gasteiger charge is 2.10. The second-order valence-corrected chi connectivity index (χ2v) is 4.75.